The maximum absolute atomic E-state index is 6.79. The third-order valence-corrected chi connectivity index (χ3v) is 6.63. The molecule has 2 N–H and O–H groups in total. The fourth-order valence-corrected chi connectivity index (χ4v) is 6.94. The lowest BCUT2D eigenvalue weighted by Gasteiger charge is -2.67. The Morgan fingerprint density at radius 2 is 1.90 bits per heavy atom. The first kappa shape index (κ1) is 13.8. The quantitative estimate of drug-likeness (QED) is 0.913. The maximum atomic E-state index is 6.79. The first-order chi connectivity index (χ1) is 9.91. The van der Waals surface area contributed by atoms with Gasteiger partial charge in [0.15, 0.2) is 0 Å². The van der Waals surface area contributed by atoms with Gasteiger partial charge in [-0.3, -0.25) is 4.98 Å². The highest BCUT2D eigenvalue weighted by Crippen LogP contribution is 2.70. The number of hydrogen-bond donors (Lipinski definition) is 1. The van der Waals surface area contributed by atoms with Crippen molar-refractivity contribution in [2.75, 3.05) is 0 Å². The molecule has 0 aromatic carbocycles. The van der Waals surface area contributed by atoms with Crippen LogP contribution in [-0.2, 0) is 6.42 Å². The van der Waals surface area contributed by atoms with Gasteiger partial charge in [-0.05, 0) is 78.7 Å². The Hall–Kier alpha value is -0.890. The predicted octanol–water partition coefficient (Wildman–Crippen LogP) is 3.95. The Kier molecular flexibility index (Phi) is 2.83. The molecule has 1 aromatic rings. The van der Waals surface area contributed by atoms with Crippen molar-refractivity contribution in [1.29, 1.82) is 0 Å². The van der Waals surface area contributed by atoms with Crippen molar-refractivity contribution >= 4 is 0 Å². The summed E-state index contributed by atoms with van der Waals surface area (Å²) >= 11 is 0. The fraction of sp³-hybridized carbons (Fsp3) is 0.737. The van der Waals surface area contributed by atoms with Crippen molar-refractivity contribution in [1.82, 2.24) is 4.98 Å². The molecule has 0 spiro atoms. The van der Waals surface area contributed by atoms with Crippen molar-refractivity contribution < 1.29 is 0 Å². The molecular weight excluding hydrogens is 256 g/mol. The highest BCUT2D eigenvalue weighted by atomic mass is 14.8. The van der Waals surface area contributed by atoms with E-state index >= 15 is 0 Å². The minimum Gasteiger partial charge on any atom is -0.327 e. The smallest absolute Gasteiger partial charge is 0.0300 e. The summed E-state index contributed by atoms with van der Waals surface area (Å²) in [6, 6.07) is 4.50. The molecule has 4 aliphatic carbocycles. The summed E-state index contributed by atoms with van der Waals surface area (Å²) in [6.45, 7) is 5.06. The average Bonchev–Trinajstić information content (AvgIpc) is 2.35. The van der Waals surface area contributed by atoms with Crippen molar-refractivity contribution in [3.63, 3.8) is 0 Å². The van der Waals surface area contributed by atoms with Gasteiger partial charge < -0.3 is 5.73 Å². The lowest BCUT2D eigenvalue weighted by atomic mass is 9.39. The van der Waals surface area contributed by atoms with Gasteiger partial charge in [-0.25, -0.2) is 0 Å². The van der Waals surface area contributed by atoms with E-state index in [0.29, 0.717) is 22.3 Å². The fourth-order valence-electron chi connectivity index (χ4n) is 6.94. The molecule has 114 valence electrons. The monoisotopic (exact) mass is 284 g/mol. The van der Waals surface area contributed by atoms with E-state index < -0.39 is 0 Å². The van der Waals surface area contributed by atoms with Crippen molar-refractivity contribution in [2.24, 2.45) is 27.9 Å². The van der Waals surface area contributed by atoms with Crippen LogP contribution in [0.5, 0.6) is 0 Å². The minimum absolute atomic E-state index is 0.295. The number of rotatable bonds is 3. The van der Waals surface area contributed by atoms with Crippen LogP contribution in [0.1, 0.15) is 57.9 Å². The largest absolute Gasteiger partial charge is 0.327 e. The zero-order valence-electron chi connectivity index (χ0n) is 13.4. The van der Waals surface area contributed by atoms with Crippen LogP contribution in [0.2, 0.25) is 0 Å². The number of pyridine rings is 1. The van der Waals surface area contributed by atoms with Crippen LogP contribution in [0.15, 0.2) is 24.5 Å². The predicted molar refractivity (Wildman–Crippen MR) is 85.8 cm³/mol. The number of aromatic nitrogens is 1. The van der Waals surface area contributed by atoms with Crippen molar-refractivity contribution in [2.45, 2.75) is 64.8 Å². The maximum Gasteiger partial charge on any atom is 0.0300 e. The Morgan fingerprint density at radius 1 is 1.19 bits per heavy atom. The van der Waals surface area contributed by atoms with E-state index in [-0.39, 0.29) is 0 Å². The summed E-state index contributed by atoms with van der Waals surface area (Å²) in [5.41, 5.74) is 9.60. The summed E-state index contributed by atoms with van der Waals surface area (Å²) < 4.78 is 0. The minimum atomic E-state index is 0.295. The molecule has 4 bridgehead atoms. The molecule has 0 radical (unpaired) electrons. The molecule has 2 heteroatoms. The Morgan fingerprint density at radius 3 is 2.48 bits per heavy atom. The molecule has 3 atom stereocenters. The zero-order chi connectivity index (χ0) is 14.7. The van der Waals surface area contributed by atoms with E-state index in [2.05, 4.69) is 24.9 Å². The number of nitrogens with two attached hydrogens (primary N) is 1. The summed E-state index contributed by atoms with van der Waals surface area (Å²) in [6.07, 6.45) is 13.2. The van der Waals surface area contributed by atoms with E-state index in [4.69, 9.17) is 5.73 Å². The lowest BCUT2D eigenvalue weighted by Crippen LogP contribution is -2.61. The highest BCUT2D eigenvalue weighted by Gasteiger charge is 2.61. The van der Waals surface area contributed by atoms with Gasteiger partial charge in [-0.1, -0.05) is 19.9 Å². The van der Waals surface area contributed by atoms with E-state index in [1.807, 2.05) is 18.5 Å². The molecule has 2 nitrogen and oxygen atoms in total. The molecule has 1 aromatic heterocycles. The third kappa shape index (κ3) is 2.23. The second kappa shape index (κ2) is 4.32. The van der Waals surface area contributed by atoms with Gasteiger partial charge in [0.2, 0.25) is 0 Å². The SMILES string of the molecule is CC12CC3CC(C)(C1)CC(C(N)Cc1cccnc1)(C3)C2. The molecule has 21 heavy (non-hydrogen) atoms. The van der Waals surface area contributed by atoms with Gasteiger partial charge in [0.05, 0.1) is 0 Å². The standard InChI is InChI=1S/C19H28N2/c1-17-7-15-8-18(2,11-17)13-19(9-15,12-17)16(20)6-14-4-3-5-21-10-14/h3-5,10,15-16H,6-9,11-13,20H2,1-2H3. The highest BCUT2D eigenvalue weighted by molar-refractivity contribution is 5.17. The first-order valence-electron chi connectivity index (χ1n) is 8.55. The van der Waals surface area contributed by atoms with Gasteiger partial charge >= 0.3 is 0 Å². The van der Waals surface area contributed by atoms with Gasteiger partial charge in [0.1, 0.15) is 0 Å². The summed E-state index contributed by atoms with van der Waals surface area (Å²) in [5.74, 6) is 0.927. The summed E-state index contributed by atoms with van der Waals surface area (Å²) in [7, 11) is 0. The molecule has 0 saturated heterocycles. The number of hydrogen-bond acceptors (Lipinski definition) is 2. The second-order valence-electron chi connectivity index (χ2n) is 9.16. The van der Waals surface area contributed by atoms with E-state index in [9.17, 15) is 0 Å². The topological polar surface area (TPSA) is 38.9 Å². The molecule has 3 unspecified atom stereocenters. The Labute approximate surface area is 128 Å². The van der Waals surface area contributed by atoms with Crippen LogP contribution >= 0.6 is 0 Å². The summed E-state index contributed by atoms with van der Waals surface area (Å²) in [4.78, 5) is 4.26. The molecule has 0 amide bonds. The summed E-state index contributed by atoms with van der Waals surface area (Å²) in [5, 5.41) is 0. The third-order valence-electron chi connectivity index (χ3n) is 6.63. The molecule has 1 heterocycles. The van der Waals surface area contributed by atoms with Crippen LogP contribution in [0.4, 0.5) is 0 Å². The normalized spacial score (nSPS) is 45.8. The van der Waals surface area contributed by atoms with Crippen molar-refractivity contribution in [3.8, 4) is 0 Å². The first-order valence-corrected chi connectivity index (χ1v) is 8.55. The van der Waals surface area contributed by atoms with Crippen molar-refractivity contribution in [3.05, 3.63) is 30.1 Å². The van der Waals surface area contributed by atoms with Gasteiger partial charge in [-0.2, -0.15) is 0 Å². The molecule has 4 fully saturated rings. The van der Waals surface area contributed by atoms with E-state index in [1.165, 1.54) is 44.1 Å². The van der Waals surface area contributed by atoms with E-state index in [1.54, 1.807) is 0 Å². The lowest BCUT2D eigenvalue weighted by molar-refractivity contribution is -0.153. The van der Waals surface area contributed by atoms with Gasteiger partial charge in [-0.15, -0.1) is 0 Å². The van der Waals surface area contributed by atoms with Gasteiger partial charge in [0, 0.05) is 18.4 Å². The number of nitrogens with zero attached hydrogens (tertiary/aromatic N) is 1. The van der Waals surface area contributed by atoms with Crippen LogP contribution in [0.3, 0.4) is 0 Å². The second-order valence-corrected chi connectivity index (χ2v) is 9.16. The molecule has 4 aliphatic rings. The van der Waals surface area contributed by atoms with Crippen LogP contribution in [0.25, 0.3) is 0 Å². The van der Waals surface area contributed by atoms with Crippen LogP contribution < -0.4 is 5.73 Å². The van der Waals surface area contributed by atoms with Gasteiger partial charge in [0.25, 0.3) is 0 Å². The molecule has 4 saturated carbocycles. The van der Waals surface area contributed by atoms with Crippen LogP contribution in [0, 0.1) is 22.2 Å². The molecule has 0 aliphatic heterocycles. The van der Waals surface area contributed by atoms with Crippen LogP contribution in [-0.4, -0.2) is 11.0 Å². The average molecular weight is 284 g/mol. The zero-order valence-corrected chi connectivity index (χ0v) is 13.4. The van der Waals surface area contributed by atoms with E-state index in [0.717, 1.165) is 12.3 Å². The molecule has 5 rings (SSSR count). The molecular formula is C19H28N2. The Balaban J connectivity index is 1.62. The Bertz CT molecular complexity index is 520.